The smallest absolute Gasteiger partial charge is 0.171 e. The summed E-state index contributed by atoms with van der Waals surface area (Å²) in [7, 11) is 0. The maximum absolute atomic E-state index is 5.48. The minimum atomic E-state index is 0.319. The molecule has 2 nitrogen and oxygen atoms in total. The highest BCUT2D eigenvalue weighted by molar-refractivity contribution is 7.80. The van der Waals surface area contributed by atoms with Crippen molar-refractivity contribution < 1.29 is 0 Å². The molecule has 0 radical (unpaired) electrons. The van der Waals surface area contributed by atoms with Gasteiger partial charge in [-0.25, -0.2) is 0 Å². The normalized spacial score (nSPS) is 16.7. The van der Waals surface area contributed by atoms with E-state index in [0.29, 0.717) is 11.2 Å². The third-order valence-corrected chi connectivity index (χ3v) is 4.51. The average Bonchev–Trinajstić information content (AvgIpc) is 2.56. The molecule has 0 aliphatic heterocycles. The van der Waals surface area contributed by atoms with Crippen LogP contribution in [0.2, 0.25) is 0 Å². The zero-order valence-corrected chi connectivity index (χ0v) is 13.7. The fourth-order valence-electron chi connectivity index (χ4n) is 3.05. The molecule has 0 saturated carbocycles. The summed E-state index contributed by atoms with van der Waals surface area (Å²) in [5.74, 6) is 0. The Morgan fingerprint density at radius 1 is 1.14 bits per heavy atom. The number of hydrogen-bond donors (Lipinski definition) is 2. The van der Waals surface area contributed by atoms with Crippen molar-refractivity contribution in [3.63, 3.8) is 0 Å². The molecule has 0 heterocycles. The quantitative estimate of drug-likeness (QED) is 0.809. The standard InChI is InChI=1S/C19H22N2S/c1-2-14-10-12-16(13-11-14)20-19(22)21-18-9-5-7-15-6-3-4-8-17(15)18/h3-4,6,8,10-13,18H,2,5,7,9H2,1H3,(H2,20,21,22)/t18-/m1/s1. The first kappa shape index (κ1) is 15.0. The van der Waals surface area contributed by atoms with E-state index in [-0.39, 0.29) is 0 Å². The number of thiocarbonyl (C=S) groups is 1. The van der Waals surface area contributed by atoms with Crippen molar-refractivity contribution in [2.24, 2.45) is 0 Å². The topological polar surface area (TPSA) is 24.1 Å². The molecule has 3 rings (SSSR count). The highest BCUT2D eigenvalue weighted by Crippen LogP contribution is 2.29. The first-order valence-corrected chi connectivity index (χ1v) is 8.41. The molecule has 2 aromatic carbocycles. The van der Waals surface area contributed by atoms with Crippen LogP contribution in [0.4, 0.5) is 5.69 Å². The van der Waals surface area contributed by atoms with Gasteiger partial charge >= 0.3 is 0 Å². The molecule has 1 atom stereocenters. The zero-order chi connectivity index (χ0) is 15.4. The van der Waals surface area contributed by atoms with Gasteiger partial charge in [0.15, 0.2) is 5.11 Å². The third kappa shape index (κ3) is 3.47. The molecule has 0 spiro atoms. The van der Waals surface area contributed by atoms with E-state index in [0.717, 1.165) is 18.5 Å². The van der Waals surface area contributed by atoms with E-state index in [2.05, 4.69) is 66.1 Å². The van der Waals surface area contributed by atoms with Crippen LogP contribution in [0.5, 0.6) is 0 Å². The molecule has 114 valence electrons. The number of benzene rings is 2. The van der Waals surface area contributed by atoms with Crippen LogP contribution in [-0.2, 0) is 12.8 Å². The Morgan fingerprint density at radius 2 is 1.91 bits per heavy atom. The number of hydrogen-bond acceptors (Lipinski definition) is 1. The largest absolute Gasteiger partial charge is 0.356 e. The maximum Gasteiger partial charge on any atom is 0.171 e. The molecule has 0 unspecified atom stereocenters. The number of rotatable bonds is 3. The van der Waals surface area contributed by atoms with Gasteiger partial charge in [0.25, 0.3) is 0 Å². The van der Waals surface area contributed by atoms with E-state index in [1.54, 1.807) is 0 Å². The van der Waals surface area contributed by atoms with Crippen LogP contribution < -0.4 is 10.6 Å². The van der Waals surface area contributed by atoms with Crippen molar-refractivity contribution in [3.8, 4) is 0 Å². The molecular formula is C19H22N2S. The molecular weight excluding hydrogens is 288 g/mol. The Bertz CT molecular complexity index is 649. The molecule has 0 fully saturated rings. The SMILES string of the molecule is CCc1ccc(NC(=S)N[C@@H]2CCCc3ccccc32)cc1. The van der Waals surface area contributed by atoms with E-state index in [4.69, 9.17) is 12.2 Å². The van der Waals surface area contributed by atoms with Crippen LogP contribution in [0, 0.1) is 0 Å². The molecule has 2 aromatic rings. The predicted octanol–water partition coefficient (Wildman–Crippen LogP) is 4.61. The number of fused-ring (bicyclic) bond motifs is 1. The van der Waals surface area contributed by atoms with Gasteiger partial charge < -0.3 is 10.6 Å². The Morgan fingerprint density at radius 3 is 2.68 bits per heavy atom. The molecule has 2 N–H and O–H groups in total. The highest BCUT2D eigenvalue weighted by Gasteiger charge is 2.20. The maximum atomic E-state index is 5.48. The van der Waals surface area contributed by atoms with Crippen LogP contribution in [0.15, 0.2) is 48.5 Å². The molecule has 0 bridgehead atoms. The molecule has 1 aliphatic rings. The van der Waals surface area contributed by atoms with Crippen LogP contribution in [-0.4, -0.2) is 5.11 Å². The zero-order valence-electron chi connectivity index (χ0n) is 12.9. The minimum Gasteiger partial charge on any atom is -0.356 e. The fraction of sp³-hybridized carbons (Fsp3) is 0.316. The fourth-order valence-corrected chi connectivity index (χ4v) is 3.31. The van der Waals surface area contributed by atoms with E-state index >= 15 is 0 Å². The average molecular weight is 310 g/mol. The Kier molecular flexibility index (Phi) is 4.74. The van der Waals surface area contributed by atoms with Gasteiger partial charge in [-0.2, -0.15) is 0 Å². The summed E-state index contributed by atoms with van der Waals surface area (Å²) in [6, 6.07) is 17.4. The van der Waals surface area contributed by atoms with Crippen LogP contribution in [0.1, 0.15) is 42.5 Å². The van der Waals surface area contributed by atoms with Crippen LogP contribution in [0.3, 0.4) is 0 Å². The van der Waals surface area contributed by atoms with Crippen LogP contribution >= 0.6 is 12.2 Å². The monoisotopic (exact) mass is 310 g/mol. The van der Waals surface area contributed by atoms with Crippen molar-refractivity contribution in [2.75, 3.05) is 5.32 Å². The second-order valence-electron chi connectivity index (χ2n) is 5.79. The predicted molar refractivity (Wildman–Crippen MR) is 97.3 cm³/mol. The summed E-state index contributed by atoms with van der Waals surface area (Å²) in [6.07, 6.45) is 4.57. The molecule has 0 saturated heterocycles. The van der Waals surface area contributed by atoms with Gasteiger partial charge in [-0.1, -0.05) is 43.3 Å². The summed E-state index contributed by atoms with van der Waals surface area (Å²) < 4.78 is 0. The first-order valence-electron chi connectivity index (χ1n) is 8.00. The van der Waals surface area contributed by atoms with Gasteiger partial charge in [0, 0.05) is 5.69 Å². The summed E-state index contributed by atoms with van der Waals surface area (Å²) in [4.78, 5) is 0. The van der Waals surface area contributed by atoms with Crippen molar-refractivity contribution in [1.82, 2.24) is 5.32 Å². The lowest BCUT2D eigenvalue weighted by Gasteiger charge is -2.27. The van der Waals surface area contributed by atoms with E-state index in [1.165, 1.54) is 29.5 Å². The molecule has 0 aromatic heterocycles. The van der Waals surface area contributed by atoms with Crippen molar-refractivity contribution in [3.05, 3.63) is 65.2 Å². The summed E-state index contributed by atoms with van der Waals surface area (Å²) in [6.45, 7) is 2.16. The molecule has 3 heteroatoms. The number of anilines is 1. The molecule has 22 heavy (non-hydrogen) atoms. The molecule has 1 aliphatic carbocycles. The Balaban J connectivity index is 1.65. The first-order chi connectivity index (χ1) is 10.8. The van der Waals surface area contributed by atoms with Gasteiger partial charge in [0.1, 0.15) is 0 Å². The summed E-state index contributed by atoms with van der Waals surface area (Å²) >= 11 is 5.48. The van der Waals surface area contributed by atoms with Gasteiger partial charge in [-0.3, -0.25) is 0 Å². The van der Waals surface area contributed by atoms with Gasteiger partial charge in [0.05, 0.1) is 6.04 Å². The van der Waals surface area contributed by atoms with E-state index in [9.17, 15) is 0 Å². The van der Waals surface area contributed by atoms with Gasteiger partial charge in [-0.05, 0) is 66.7 Å². The lowest BCUT2D eigenvalue weighted by Crippen LogP contribution is -2.34. The van der Waals surface area contributed by atoms with Gasteiger partial charge in [-0.15, -0.1) is 0 Å². The second kappa shape index (κ2) is 6.93. The lowest BCUT2D eigenvalue weighted by atomic mass is 9.88. The summed E-state index contributed by atoms with van der Waals surface area (Å²) in [5, 5.41) is 7.46. The minimum absolute atomic E-state index is 0.319. The second-order valence-corrected chi connectivity index (χ2v) is 6.20. The highest BCUT2D eigenvalue weighted by atomic mass is 32.1. The lowest BCUT2D eigenvalue weighted by molar-refractivity contribution is 0.529. The van der Waals surface area contributed by atoms with Crippen molar-refractivity contribution in [2.45, 2.75) is 38.6 Å². The third-order valence-electron chi connectivity index (χ3n) is 4.29. The van der Waals surface area contributed by atoms with E-state index in [1.807, 2.05) is 0 Å². The van der Waals surface area contributed by atoms with Gasteiger partial charge in [0.2, 0.25) is 0 Å². The number of nitrogens with one attached hydrogen (secondary N) is 2. The Labute approximate surface area is 137 Å². The van der Waals surface area contributed by atoms with Crippen molar-refractivity contribution in [1.29, 1.82) is 0 Å². The van der Waals surface area contributed by atoms with E-state index < -0.39 is 0 Å². The Hall–Kier alpha value is -1.87. The molecule has 0 amide bonds. The number of aryl methyl sites for hydroxylation is 2. The van der Waals surface area contributed by atoms with Crippen LogP contribution in [0.25, 0.3) is 0 Å². The summed E-state index contributed by atoms with van der Waals surface area (Å²) in [5.41, 5.74) is 5.21. The van der Waals surface area contributed by atoms with Crippen molar-refractivity contribution >= 4 is 23.0 Å².